The lowest BCUT2D eigenvalue weighted by atomic mass is 10.0. The molecule has 5 nitrogen and oxygen atoms in total. The molecule has 0 heterocycles. The number of carbonyl (C=O) groups is 2. The second kappa shape index (κ2) is 6.89. The summed E-state index contributed by atoms with van der Waals surface area (Å²) in [7, 11) is 0. The van der Waals surface area contributed by atoms with Gasteiger partial charge in [0.1, 0.15) is 0 Å². The maximum atomic E-state index is 11.9. The fraction of sp³-hybridized carbons (Fsp3) is 0.429. The van der Waals surface area contributed by atoms with Gasteiger partial charge in [0.2, 0.25) is 11.8 Å². The van der Waals surface area contributed by atoms with E-state index in [9.17, 15) is 9.59 Å². The summed E-state index contributed by atoms with van der Waals surface area (Å²) in [4.78, 5) is 22.9. The average molecular weight is 263 g/mol. The molecule has 0 radical (unpaired) electrons. The topological polar surface area (TPSA) is 98.2 Å². The van der Waals surface area contributed by atoms with Crippen molar-refractivity contribution in [3.63, 3.8) is 0 Å². The lowest BCUT2D eigenvalue weighted by molar-refractivity contribution is -0.118. The quantitative estimate of drug-likeness (QED) is 0.714. The van der Waals surface area contributed by atoms with Crippen LogP contribution in [0.3, 0.4) is 0 Å². The highest BCUT2D eigenvalue weighted by Crippen LogP contribution is 2.16. The highest BCUT2D eigenvalue weighted by atomic mass is 16.2. The molecule has 1 aromatic carbocycles. The first-order chi connectivity index (χ1) is 8.90. The van der Waals surface area contributed by atoms with Crippen molar-refractivity contribution in [1.29, 1.82) is 0 Å². The van der Waals surface area contributed by atoms with Crippen molar-refractivity contribution in [2.45, 2.75) is 32.7 Å². The largest absolute Gasteiger partial charge is 0.369 e. The van der Waals surface area contributed by atoms with Crippen molar-refractivity contribution >= 4 is 17.5 Å². The van der Waals surface area contributed by atoms with Crippen LogP contribution in [0.4, 0.5) is 5.69 Å². The second-order valence-corrected chi connectivity index (χ2v) is 5.03. The molecule has 1 rings (SSSR count). The number of nitrogens with one attached hydrogen (secondary N) is 1. The van der Waals surface area contributed by atoms with Gasteiger partial charge < -0.3 is 16.8 Å². The van der Waals surface area contributed by atoms with E-state index in [1.165, 1.54) is 0 Å². The lowest BCUT2D eigenvalue weighted by Gasteiger charge is -2.15. The normalized spacial score (nSPS) is 12.2. The highest BCUT2D eigenvalue weighted by molar-refractivity contribution is 5.96. The van der Waals surface area contributed by atoms with Crippen LogP contribution in [0, 0.1) is 5.92 Å². The van der Waals surface area contributed by atoms with Gasteiger partial charge in [-0.1, -0.05) is 32.0 Å². The van der Waals surface area contributed by atoms with Gasteiger partial charge in [0.15, 0.2) is 0 Å². The molecule has 0 saturated heterocycles. The van der Waals surface area contributed by atoms with E-state index in [1.54, 1.807) is 24.3 Å². The van der Waals surface area contributed by atoms with Crippen LogP contribution in [0.25, 0.3) is 0 Å². The summed E-state index contributed by atoms with van der Waals surface area (Å²) in [6.07, 6.45) is 0.708. The Morgan fingerprint density at radius 1 is 1.26 bits per heavy atom. The monoisotopic (exact) mass is 263 g/mol. The number of hydrogen-bond donors (Lipinski definition) is 3. The van der Waals surface area contributed by atoms with Crippen molar-refractivity contribution in [3.8, 4) is 0 Å². The molecule has 0 aliphatic carbocycles. The number of anilines is 1. The average Bonchev–Trinajstić information content (AvgIpc) is 2.30. The molecule has 0 saturated carbocycles. The number of rotatable bonds is 6. The molecule has 0 aliphatic rings. The van der Waals surface area contributed by atoms with Crippen molar-refractivity contribution < 1.29 is 9.59 Å². The Kier molecular flexibility index (Phi) is 5.51. The molecule has 1 aromatic rings. The summed E-state index contributed by atoms with van der Waals surface area (Å²) < 4.78 is 0. The van der Waals surface area contributed by atoms with Crippen LogP contribution in [-0.2, 0) is 16.0 Å². The third-order valence-electron chi connectivity index (χ3n) is 2.70. The molecule has 0 unspecified atom stereocenters. The zero-order valence-electron chi connectivity index (χ0n) is 11.3. The number of primary amides is 1. The first kappa shape index (κ1) is 15.2. The number of benzene rings is 1. The van der Waals surface area contributed by atoms with Crippen molar-refractivity contribution in [2.24, 2.45) is 17.4 Å². The zero-order chi connectivity index (χ0) is 14.4. The molecule has 0 aliphatic heterocycles. The Morgan fingerprint density at radius 3 is 2.47 bits per heavy atom. The third-order valence-corrected chi connectivity index (χ3v) is 2.70. The second-order valence-electron chi connectivity index (χ2n) is 5.03. The lowest BCUT2D eigenvalue weighted by Crippen LogP contribution is -2.37. The van der Waals surface area contributed by atoms with Crippen molar-refractivity contribution in [1.82, 2.24) is 0 Å². The molecule has 0 spiro atoms. The van der Waals surface area contributed by atoms with Gasteiger partial charge in [0.25, 0.3) is 0 Å². The van der Waals surface area contributed by atoms with Gasteiger partial charge in [0.05, 0.1) is 12.5 Å². The smallest absolute Gasteiger partial charge is 0.241 e. The Hall–Kier alpha value is -1.88. The maximum absolute atomic E-state index is 11.9. The minimum Gasteiger partial charge on any atom is -0.369 e. The predicted molar refractivity (Wildman–Crippen MR) is 75.4 cm³/mol. The molecular weight excluding hydrogens is 242 g/mol. The van der Waals surface area contributed by atoms with Crippen LogP contribution < -0.4 is 16.8 Å². The molecule has 2 amide bonds. The first-order valence-electron chi connectivity index (χ1n) is 6.32. The van der Waals surface area contributed by atoms with E-state index in [-0.39, 0.29) is 12.3 Å². The summed E-state index contributed by atoms with van der Waals surface area (Å²) in [5.41, 5.74) is 12.3. The van der Waals surface area contributed by atoms with Gasteiger partial charge in [0, 0.05) is 5.69 Å². The molecule has 0 fully saturated rings. The number of amides is 2. The molecule has 5 heteroatoms. The summed E-state index contributed by atoms with van der Waals surface area (Å²) >= 11 is 0. The minimum atomic E-state index is -0.554. The molecule has 0 aromatic heterocycles. The molecule has 1 atom stereocenters. The van der Waals surface area contributed by atoms with E-state index < -0.39 is 11.9 Å². The van der Waals surface area contributed by atoms with Gasteiger partial charge in [-0.05, 0) is 24.0 Å². The zero-order valence-corrected chi connectivity index (χ0v) is 11.3. The minimum absolute atomic E-state index is 0.0931. The number of para-hydroxylation sites is 1. The maximum Gasteiger partial charge on any atom is 0.241 e. The highest BCUT2D eigenvalue weighted by Gasteiger charge is 2.16. The number of carbonyl (C=O) groups excluding carboxylic acids is 2. The van der Waals surface area contributed by atoms with Crippen LogP contribution in [0.15, 0.2) is 24.3 Å². The van der Waals surface area contributed by atoms with Crippen LogP contribution >= 0.6 is 0 Å². The molecule has 19 heavy (non-hydrogen) atoms. The van der Waals surface area contributed by atoms with Crippen LogP contribution in [0.1, 0.15) is 25.8 Å². The Balaban J connectivity index is 2.76. The summed E-state index contributed by atoms with van der Waals surface area (Å²) in [5, 5.41) is 2.75. The van der Waals surface area contributed by atoms with Gasteiger partial charge in [-0.25, -0.2) is 0 Å². The van der Waals surface area contributed by atoms with Gasteiger partial charge in [-0.3, -0.25) is 9.59 Å². The SMILES string of the molecule is CC(C)C[C@H](N)C(=O)Nc1ccccc1CC(N)=O. The van der Waals surface area contributed by atoms with E-state index in [2.05, 4.69) is 5.32 Å². The predicted octanol–water partition coefficient (Wildman–Crippen LogP) is 1.03. The summed E-state index contributed by atoms with van der Waals surface area (Å²) in [5.74, 6) is -0.333. The van der Waals surface area contributed by atoms with E-state index in [0.717, 1.165) is 0 Å². The third kappa shape index (κ3) is 5.09. The van der Waals surface area contributed by atoms with Crippen molar-refractivity contribution in [3.05, 3.63) is 29.8 Å². The van der Waals surface area contributed by atoms with Gasteiger partial charge in [-0.2, -0.15) is 0 Å². The van der Waals surface area contributed by atoms with Crippen molar-refractivity contribution in [2.75, 3.05) is 5.32 Å². The fourth-order valence-electron chi connectivity index (χ4n) is 1.82. The number of nitrogens with two attached hydrogens (primary N) is 2. The van der Waals surface area contributed by atoms with E-state index >= 15 is 0 Å². The van der Waals surface area contributed by atoms with Crippen LogP contribution in [-0.4, -0.2) is 17.9 Å². The summed E-state index contributed by atoms with van der Waals surface area (Å²) in [6.45, 7) is 4.02. The van der Waals surface area contributed by atoms with E-state index in [0.29, 0.717) is 23.6 Å². The van der Waals surface area contributed by atoms with Gasteiger partial charge in [-0.15, -0.1) is 0 Å². The molecular formula is C14H21N3O2. The molecule has 0 bridgehead atoms. The van der Waals surface area contributed by atoms with Crippen LogP contribution in [0.5, 0.6) is 0 Å². The Labute approximate surface area is 113 Å². The standard InChI is InChI=1S/C14H21N3O2/c1-9(2)7-11(15)14(19)17-12-6-4-3-5-10(12)8-13(16)18/h3-6,9,11H,7-8,15H2,1-2H3,(H2,16,18)(H,17,19)/t11-/m0/s1. The van der Waals surface area contributed by atoms with E-state index in [4.69, 9.17) is 11.5 Å². The summed E-state index contributed by atoms with van der Waals surface area (Å²) in [6, 6.07) is 6.52. The Morgan fingerprint density at radius 2 is 1.89 bits per heavy atom. The first-order valence-corrected chi connectivity index (χ1v) is 6.32. The van der Waals surface area contributed by atoms with E-state index in [1.807, 2.05) is 13.8 Å². The van der Waals surface area contributed by atoms with Gasteiger partial charge >= 0.3 is 0 Å². The fourth-order valence-corrected chi connectivity index (χ4v) is 1.82. The number of hydrogen-bond acceptors (Lipinski definition) is 3. The molecule has 104 valence electrons. The molecule has 5 N–H and O–H groups in total. The van der Waals surface area contributed by atoms with Crippen LogP contribution in [0.2, 0.25) is 0 Å². The Bertz CT molecular complexity index is 458.